The van der Waals surface area contributed by atoms with E-state index < -0.39 is 0 Å². The van der Waals surface area contributed by atoms with Crippen molar-refractivity contribution in [3.63, 3.8) is 0 Å². The molecule has 1 aliphatic carbocycles. The minimum absolute atomic E-state index is 0.0755. The van der Waals surface area contributed by atoms with Crippen LogP contribution in [-0.4, -0.2) is 32.2 Å². The zero-order valence-electron chi connectivity index (χ0n) is 15.9. The minimum Gasteiger partial charge on any atom is -0.497 e. The van der Waals surface area contributed by atoms with Gasteiger partial charge in [0, 0.05) is 5.92 Å². The predicted molar refractivity (Wildman–Crippen MR) is 99.7 cm³/mol. The fraction of sp³-hybridized carbons (Fsp3) is 0.500. The molecule has 0 unspecified atom stereocenters. The number of ether oxygens (including phenoxy) is 2. The van der Waals surface area contributed by atoms with Crippen LogP contribution >= 0.6 is 0 Å². The normalized spacial score (nSPS) is 20.1. The second kappa shape index (κ2) is 7.35. The maximum absolute atomic E-state index is 6.08. The Labute approximate surface area is 162 Å². The Morgan fingerprint density at radius 2 is 1.93 bits per heavy atom. The zero-order chi connectivity index (χ0) is 18.9. The largest absolute Gasteiger partial charge is 0.497 e. The Bertz CT molecular complexity index is 943. The first-order valence-corrected chi connectivity index (χ1v) is 9.83. The molecule has 1 aliphatic heterocycles. The van der Waals surface area contributed by atoms with E-state index in [0.717, 1.165) is 35.7 Å². The fourth-order valence-electron chi connectivity index (χ4n) is 4.06. The van der Waals surface area contributed by atoms with Gasteiger partial charge >= 0.3 is 0 Å². The quantitative estimate of drug-likeness (QED) is 0.681. The molecule has 146 valence electrons. The van der Waals surface area contributed by atoms with Gasteiger partial charge in [0.15, 0.2) is 11.5 Å². The summed E-state index contributed by atoms with van der Waals surface area (Å²) in [6.45, 7) is 0.998. The number of methoxy groups -OCH3 is 1. The Balaban J connectivity index is 1.35. The van der Waals surface area contributed by atoms with Gasteiger partial charge in [0.1, 0.15) is 11.9 Å². The summed E-state index contributed by atoms with van der Waals surface area (Å²) in [4.78, 5) is 4.62. The minimum atomic E-state index is -0.0755. The van der Waals surface area contributed by atoms with Gasteiger partial charge in [-0.1, -0.05) is 41.8 Å². The molecule has 0 spiro atoms. The van der Waals surface area contributed by atoms with E-state index >= 15 is 0 Å². The number of fused-ring (bicyclic) bond motifs is 1. The van der Waals surface area contributed by atoms with Gasteiger partial charge in [-0.25, -0.2) is 4.68 Å². The van der Waals surface area contributed by atoms with Crippen LogP contribution in [0.5, 0.6) is 5.75 Å². The van der Waals surface area contributed by atoms with Crippen LogP contribution in [-0.2, 0) is 17.9 Å². The lowest BCUT2D eigenvalue weighted by Gasteiger charge is -2.24. The van der Waals surface area contributed by atoms with E-state index in [0.29, 0.717) is 30.7 Å². The first-order chi connectivity index (χ1) is 13.8. The van der Waals surface area contributed by atoms with Crippen molar-refractivity contribution in [2.45, 2.75) is 57.3 Å². The van der Waals surface area contributed by atoms with E-state index in [1.807, 2.05) is 28.9 Å². The summed E-state index contributed by atoms with van der Waals surface area (Å²) in [6.07, 6.45) is 5.95. The maximum Gasteiger partial charge on any atom is 0.280 e. The summed E-state index contributed by atoms with van der Waals surface area (Å²) in [5.74, 6) is 2.46. The maximum atomic E-state index is 6.08. The molecule has 1 fully saturated rings. The summed E-state index contributed by atoms with van der Waals surface area (Å²) >= 11 is 0. The molecule has 0 bridgehead atoms. The summed E-state index contributed by atoms with van der Waals surface area (Å²) in [5.41, 5.74) is 2.59. The van der Waals surface area contributed by atoms with E-state index in [-0.39, 0.29) is 6.10 Å². The van der Waals surface area contributed by atoms with Gasteiger partial charge in [0.05, 0.1) is 26.0 Å². The van der Waals surface area contributed by atoms with Gasteiger partial charge in [0.2, 0.25) is 0 Å². The number of hydrogen-bond acceptors (Lipinski definition) is 7. The summed E-state index contributed by atoms with van der Waals surface area (Å²) in [5, 5.41) is 12.8. The third-order valence-corrected chi connectivity index (χ3v) is 5.70. The molecule has 5 rings (SSSR count). The van der Waals surface area contributed by atoms with Crippen LogP contribution in [0.4, 0.5) is 0 Å². The summed E-state index contributed by atoms with van der Waals surface area (Å²) in [7, 11) is 1.66. The zero-order valence-corrected chi connectivity index (χ0v) is 15.9. The van der Waals surface area contributed by atoms with Crippen LogP contribution in [0.3, 0.4) is 0 Å². The van der Waals surface area contributed by atoms with E-state index in [1.54, 1.807) is 7.11 Å². The van der Waals surface area contributed by atoms with Crippen LogP contribution in [0.25, 0.3) is 11.6 Å². The molecule has 1 atom stereocenters. The van der Waals surface area contributed by atoms with E-state index in [2.05, 4.69) is 20.5 Å². The smallest absolute Gasteiger partial charge is 0.280 e. The molecule has 28 heavy (non-hydrogen) atoms. The number of aromatic nitrogens is 5. The van der Waals surface area contributed by atoms with Crippen molar-refractivity contribution in [2.75, 3.05) is 7.11 Å². The third-order valence-electron chi connectivity index (χ3n) is 5.70. The van der Waals surface area contributed by atoms with Crippen LogP contribution in [0.15, 0.2) is 28.8 Å². The standard InChI is InChI=1S/C20H23N5O3/c1-26-15-9-7-13(8-10-15)17-11-25-16(12-27-17)18(22-24-25)20-21-19(23-28-20)14-5-3-2-4-6-14/h7-10,14,17H,2-6,11-12H2,1H3/t17-/m0/s1. The van der Waals surface area contributed by atoms with E-state index in [1.165, 1.54) is 19.3 Å². The molecule has 8 nitrogen and oxygen atoms in total. The topological polar surface area (TPSA) is 88.1 Å². The molecular weight excluding hydrogens is 358 g/mol. The molecule has 0 amide bonds. The average molecular weight is 381 g/mol. The highest BCUT2D eigenvalue weighted by Gasteiger charge is 2.29. The highest BCUT2D eigenvalue weighted by atomic mass is 16.5. The van der Waals surface area contributed by atoms with Crippen molar-refractivity contribution >= 4 is 0 Å². The van der Waals surface area contributed by atoms with Crippen molar-refractivity contribution < 1.29 is 14.0 Å². The number of benzene rings is 1. The van der Waals surface area contributed by atoms with E-state index in [4.69, 9.17) is 14.0 Å². The van der Waals surface area contributed by atoms with Crippen molar-refractivity contribution in [1.29, 1.82) is 0 Å². The van der Waals surface area contributed by atoms with Crippen LogP contribution < -0.4 is 4.74 Å². The van der Waals surface area contributed by atoms with Gasteiger partial charge < -0.3 is 14.0 Å². The lowest BCUT2D eigenvalue weighted by molar-refractivity contribution is -0.00119. The Hall–Kier alpha value is -2.74. The van der Waals surface area contributed by atoms with Crippen molar-refractivity contribution in [3.8, 4) is 17.3 Å². The Morgan fingerprint density at radius 1 is 1.11 bits per heavy atom. The molecule has 3 heterocycles. The molecule has 1 saturated carbocycles. The second-order valence-electron chi connectivity index (χ2n) is 7.43. The molecule has 2 aromatic heterocycles. The molecule has 1 aromatic carbocycles. The summed E-state index contributed by atoms with van der Waals surface area (Å²) < 4.78 is 18.7. The second-order valence-corrected chi connectivity index (χ2v) is 7.43. The van der Waals surface area contributed by atoms with Crippen molar-refractivity contribution in [2.24, 2.45) is 0 Å². The molecule has 0 saturated heterocycles. The Morgan fingerprint density at radius 3 is 2.71 bits per heavy atom. The lowest BCUT2D eigenvalue weighted by Crippen LogP contribution is -2.22. The fourth-order valence-corrected chi connectivity index (χ4v) is 4.06. The van der Waals surface area contributed by atoms with Crippen LogP contribution in [0.1, 0.15) is 61.2 Å². The highest BCUT2D eigenvalue weighted by molar-refractivity contribution is 5.50. The third kappa shape index (κ3) is 3.17. The predicted octanol–water partition coefficient (Wildman–Crippen LogP) is 3.66. The first kappa shape index (κ1) is 17.4. The summed E-state index contributed by atoms with van der Waals surface area (Å²) in [6, 6.07) is 7.90. The van der Waals surface area contributed by atoms with E-state index in [9.17, 15) is 0 Å². The monoisotopic (exact) mass is 381 g/mol. The highest BCUT2D eigenvalue weighted by Crippen LogP contribution is 2.34. The van der Waals surface area contributed by atoms with Gasteiger partial charge in [-0.05, 0) is 30.5 Å². The molecular formula is C20H23N5O3. The number of nitrogens with zero attached hydrogens (tertiary/aromatic N) is 5. The lowest BCUT2D eigenvalue weighted by atomic mass is 9.89. The van der Waals surface area contributed by atoms with Gasteiger partial charge in [0.25, 0.3) is 5.89 Å². The molecule has 3 aromatic rings. The average Bonchev–Trinajstić information content (AvgIpc) is 3.41. The molecule has 8 heteroatoms. The van der Waals surface area contributed by atoms with Crippen LogP contribution in [0, 0.1) is 0 Å². The van der Waals surface area contributed by atoms with Gasteiger partial charge in [-0.2, -0.15) is 4.98 Å². The molecule has 0 N–H and O–H groups in total. The molecule has 2 aliphatic rings. The number of rotatable bonds is 4. The van der Waals surface area contributed by atoms with Gasteiger partial charge in [-0.3, -0.25) is 0 Å². The van der Waals surface area contributed by atoms with Crippen molar-refractivity contribution in [3.05, 3.63) is 41.3 Å². The first-order valence-electron chi connectivity index (χ1n) is 9.83. The molecule has 0 radical (unpaired) electrons. The van der Waals surface area contributed by atoms with Crippen LogP contribution in [0.2, 0.25) is 0 Å². The SMILES string of the molecule is COc1ccc([C@@H]2Cn3nnc(-c4nc(C5CCCCC5)no4)c3CO2)cc1. The van der Waals surface area contributed by atoms with Gasteiger partial charge in [-0.15, -0.1) is 5.10 Å². The van der Waals surface area contributed by atoms with Crippen molar-refractivity contribution in [1.82, 2.24) is 25.1 Å². The Kier molecular flexibility index (Phi) is 4.56. The number of hydrogen-bond donors (Lipinski definition) is 0.